The van der Waals surface area contributed by atoms with Gasteiger partial charge in [0.25, 0.3) is 0 Å². The van der Waals surface area contributed by atoms with Gasteiger partial charge in [-0.05, 0) is 45.2 Å². The molecule has 0 atom stereocenters. The van der Waals surface area contributed by atoms with E-state index in [1.165, 1.54) is 0 Å². The number of hydrogen-bond acceptors (Lipinski definition) is 3. The lowest BCUT2D eigenvalue weighted by atomic mass is 10.0. The lowest BCUT2D eigenvalue weighted by molar-refractivity contribution is -0.138. The third kappa shape index (κ3) is 6.90. The van der Waals surface area contributed by atoms with Crippen LogP contribution in [0.1, 0.15) is 65.7 Å². The highest BCUT2D eigenvalue weighted by Crippen LogP contribution is 2.15. The molecule has 0 aromatic heterocycles. The number of nitrogens with zero attached hydrogens (tertiary/aromatic N) is 2. The van der Waals surface area contributed by atoms with E-state index in [0.717, 1.165) is 64.8 Å². The summed E-state index contributed by atoms with van der Waals surface area (Å²) >= 11 is 0. The van der Waals surface area contributed by atoms with Crippen LogP contribution in [0.3, 0.4) is 0 Å². The van der Waals surface area contributed by atoms with Gasteiger partial charge in [0.15, 0.2) is 0 Å². The number of amides is 2. The molecule has 0 radical (unpaired) electrons. The van der Waals surface area contributed by atoms with Crippen molar-refractivity contribution < 1.29 is 9.59 Å². The molecule has 134 valence electrons. The summed E-state index contributed by atoms with van der Waals surface area (Å²) in [6.07, 6.45) is 5.67. The third-order valence-corrected chi connectivity index (χ3v) is 4.43. The van der Waals surface area contributed by atoms with Gasteiger partial charge in [-0.25, -0.2) is 0 Å². The van der Waals surface area contributed by atoms with E-state index in [0.29, 0.717) is 18.9 Å². The minimum absolute atomic E-state index is 0.129. The first-order chi connectivity index (χ1) is 11.1. The average molecular weight is 325 g/mol. The minimum Gasteiger partial charge on any atom is -0.343 e. The molecule has 1 heterocycles. The van der Waals surface area contributed by atoms with E-state index < -0.39 is 0 Å². The molecule has 5 heteroatoms. The average Bonchev–Trinajstić information content (AvgIpc) is 2.57. The van der Waals surface area contributed by atoms with Gasteiger partial charge in [0.05, 0.1) is 0 Å². The van der Waals surface area contributed by atoms with Crippen LogP contribution in [-0.4, -0.2) is 60.4 Å². The molecule has 1 saturated heterocycles. The fourth-order valence-corrected chi connectivity index (χ4v) is 3.29. The Morgan fingerprint density at radius 1 is 0.870 bits per heavy atom. The normalized spacial score (nSPS) is 15.4. The van der Waals surface area contributed by atoms with Crippen molar-refractivity contribution in [2.24, 2.45) is 0 Å². The van der Waals surface area contributed by atoms with Gasteiger partial charge in [0.2, 0.25) is 11.8 Å². The number of hydrogen-bond donors (Lipinski definition) is 1. The molecule has 23 heavy (non-hydrogen) atoms. The molecule has 1 fully saturated rings. The van der Waals surface area contributed by atoms with Crippen LogP contribution in [0, 0.1) is 0 Å². The Kier molecular flexibility index (Phi) is 9.92. The van der Waals surface area contributed by atoms with Gasteiger partial charge < -0.3 is 15.1 Å². The van der Waals surface area contributed by atoms with Crippen molar-refractivity contribution in [3.63, 3.8) is 0 Å². The third-order valence-electron chi connectivity index (χ3n) is 4.43. The summed E-state index contributed by atoms with van der Waals surface area (Å²) in [4.78, 5) is 28.9. The zero-order valence-electron chi connectivity index (χ0n) is 15.3. The highest BCUT2D eigenvalue weighted by molar-refractivity contribution is 5.84. The molecule has 1 N–H and O–H groups in total. The van der Waals surface area contributed by atoms with Crippen LogP contribution >= 0.6 is 0 Å². The van der Waals surface area contributed by atoms with Crippen molar-refractivity contribution >= 4 is 11.8 Å². The number of carbonyl (C=O) groups excluding carboxylic acids is 2. The summed E-state index contributed by atoms with van der Waals surface area (Å²) in [6, 6.07) is 0.348. The number of rotatable bonds is 10. The van der Waals surface area contributed by atoms with Gasteiger partial charge in [-0.15, -0.1) is 0 Å². The van der Waals surface area contributed by atoms with Crippen molar-refractivity contribution in [3.05, 3.63) is 0 Å². The lowest BCUT2D eigenvalue weighted by Crippen LogP contribution is -2.46. The first-order valence-electron chi connectivity index (χ1n) is 9.41. The number of carbonyl (C=O) groups is 2. The molecule has 5 nitrogen and oxygen atoms in total. The summed E-state index contributed by atoms with van der Waals surface area (Å²) < 4.78 is 0. The smallest absolute Gasteiger partial charge is 0.223 e. The molecular formula is C18H35N3O2. The Morgan fingerprint density at radius 3 is 1.91 bits per heavy atom. The zero-order chi connectivity index (χ0) is 17.1. The van der Waals surface area contributed by atoms with Crippen LogP contribution in [0.15, 0.2) is 0 Å². The maximum Gasteiger partial charge on any atom is 0.223 e. The molecular weight excluding hydrogens is 290 g/mol. The van der Waals surface area contributed by atoms with Crippen molar-refractivity contribution in [1.82, 2.24) is 15.1 Å². The highest BCUT2D eigenvalue weighted by atomic mass is 16.2. The molecule has 0 bridgehead atoms. The number of nitrogens with one attached hydrogen (secondary N) is 1. The summed E-state index contributed by atoms with van der Waals surface area (Å²) in [6.45, 7) is 10.7. The maximum atomic E-state index is 12.6. The number of piperidine rings is 1. The lowest BCUT2D eigenvalue weighted by Gasteiger charge is -2.35. The van der Waals surface area contributed by atoms with Crippen LogP contribution in [0.5, 0.6) is 0 Å². The summed E-state index contributed by atoms with van der Waals surface area (Å²) in [7, 11) is 0. The fraction of sp³-hybridized carbons (Fsp3) is 0.889. The molecule has 1 aliphatic heterocycles. The van der Waals surface area contributed by atoms with E-state index in [1.807, 2.05) is 9.80 Å². The Morgan fingerprint density at radius 2 is 1.39 bits per heavy atom. The molecule has 0 saturated carbocycles. The largest absolute Gasteiger partial charge is 0.343 e. The zero-order valence-corrected chi connectivity index (χ0v) is 15.3. The standard InChI is InChI=1S/C18H35N3O2/c1-4-13-20(14-5-2)17(22)7-8-18(23)21(15-6-3)16-9-11-19-12-10-16/h16,19H,4-15H2,1-3H3. The van der Waals surface area contributed by atoms with Crippen LogP contribution < -0.4 is 5.32 Å². The molecule has 0 spiro atoms. The molecule has 2 amide bonds. The van der Waals surface area contributed by atoms with Gasteiger partial charge in [0.1, 0.15) is 0 Å². The molecule has 1 rings (SSSR count). The first-order valence-corrected chi connectivity index (χ1v) is 9.41. The second-order valence-electron chi connectivity index (χ2n) is 6.45. The van der Waals surface area contributed by atoms with E-state index in [2.05, 4.69) is 26.1 Å². The predicted octanol–water partition coefficient (Wildman–Crippen LogP) is 2.41. The first kappa shape index (κ1) is 19.9. The van der Waals surface area contributed by atoms with E-state index >= 15 is 0 Å². The Hall–Kier alpha value is -1.10. The Balaban J connectivity index is 2.51. The topological polar surface area (TPSA) is 52.7 Å². The van der Waals surface area contributed by atoms with Crippen molar-refractivity contribution in [2.75, 3.05) is 32.7 Å². The van der Waals surface area contributed by atoms with E-state index in [-0.39, 0.29) is 11.8 Å². The minimum atomic E-state index is 0.129. The van der Waals surface area contributed by atoms with Crippen LogP contribution in [0.4, 0.5) is 0 Å². The summed E-state index contributed by atoms with van der Waals surface area (Å²) in [5.74, 6) is 0.281. The summed E-state index contributed by atoms with van der Waals surface area (Å²) in [5, 5.41) is 3.35. The predicted molar refractivity (Wildman–Crippen MR) is 94.3 cm³/mol. The van der Waals surface area contributed by atoms with Gasteiger partial charge in [-0.2, -0.15) is 0 Å². The van der Waals surface area contributed by atoms with Gasteiger partial charge in [-0.1, -0.05) is 20.8 Å². The van der Waals surface area contributed by atoms with Crippen molar-refractivity contribution in [1.29, 1.82) is 0 Å². The van der Waals surface area contributed by atoms with E-state index in [9.17, 15) is 9.59 Å². The second kappa shape index (κ2) is 11.4. The van der Waals surface area contributed by atoms with Crippen LogP contribution in [0.25, 0.3) is 0 Å². The summed E-state index contributed by atoms with van der Waals surface area (Å²) in [5.41, 5.74) is 0. The van der Waals surface area contributed by atoms with Crippen LogP contribution in [0.2, 0.25) is 0 Å². The van der Waals surface area contributed by atoms with E-state index in [4.69, 9.17) is 0 Å². The van der Waals surface area contributed by atoms with Crippen molar-refractivity contribution in [3.8, 4) is 0 Å². The van der Waals surface area contributed by atoms with Gasteiger partial charge in [-0.3, -0.25) is 9.59 Å². The Bertz CT molecular complexity index is 348. The second-order valence-corrected chi connectivity index (χ2v) is 6.45. The monoisotopic (exact) mass is 325 g/mol. The molecule has 0 unspecified atom stereocenters. The Labute approximate surface area is 141 Å². The quantitative estimate of drug-likeness (QED) is 0.671. The van der Waals surface area contributed by atoms with Crippen LogP contribution in [-0.2, 0) is 9.59 Å². The van der Waals surface area contributed by atoms with E-state index in [1.54, 1.807) is 0 Å². The van der Waals surface area contributed by atoms with Crippen molar-refractivity contribution in [2.45, 2.75) is 71.8 Å². The van der Waals surface area contributed by atoms with Gasteiger partial charge >= 0.3 is 0 Å². The maximum absolute atomic E-state index is 12.6. The molecule has 0 aliphatic carbocycles. The fourth-order valence-electron chi connectivity index (χ4n) is 3.29. The SMILES string of the molecule is CCCN(CCC)C(=O)CCC(=O)N(CCC)C1CCNCC1. The molecule has 0 aromatic carbocycles. The molecule has 0 aromatic rings. The molecule has 1 aliphatic rings. The van der Waals surface area contributed by atoms with Gasteiger partial charge in [0, 0.05) is 38.5 Å². The highest BCUT2D eigenvalue weighted by Gasteiger charge is 2.25.